The maximum absolute atomic E-state index is 5.77. The zero-order valence-electron chi connectivity index (χ0n) is 6.84. The fraction of sp³-hybridized carbons (Fsp3) is 0.300. The largest absolute Gasteiger partial charge is 0.248 e. The summed E-state index contributed by atoms with van der Waals surface area (Å²) in [6.07, 6.45) is 3.96. The molecular formula is C10H11NS. The Morgan fingerprint density at radius 1 is 1.17 bits per heavy atom. The lowest BCUT2D eigenvalue weighted by Crippen LogP contribution is -1.77. The molecule has 0 heterocycles. The smallest absolute Gasteiger partial charge is 0.0554 e. The first-order valence-corrected chi connectivity index (χ1v) is 4.40. The molecule has 0 bridgehead atoms. The first-order chi connectivity index (χ1) is 5.88. The second-order valence-electron chi connectivity index (χ2n) is 2.72. The van der Waals surface area contributed by atoms with Gasteiger partial charge in [-0.3, -0.25) is 0 Å². The number of nitrogens with one attached hydrogen (secondary N) is 1. The Balaban J connectivity index is 0.000000213. The van der Waals surface area contributed by atoms with Crippen LogP contribution >= 0.6 is 12.2 Å². The fourth-order valence-corrected chi connectivity index (χ4v) is 1.51. The van der Waals surface area contributed by atoms with Gasteiger partial charge in [-0.05, 0) is 42.6 Å². The van der Waals surface area contributed by atoms with Crippen molar-refractivity contribution in [2.45, 2.75) is 19.3 Å². The molecule has 1 aromatic rings. The molecule has 12 heavy (non-hydrogen) atoms. The average Bonchev–Trinajstić information content (AvgIpc) is 2.52. The SMILES string of the molecule is N=C=S.c1ccc2c(c1)CCC2. The number of fused-ring (bicyclic) bond motifs is 1. The molecule has 1 aromatic carbocycles. The Bertz CT molecular complexity index is 265. The number of isothiocyanates is 1. The number of hydrogen-bond donors (Lipinski definition) is 1. The summed E-state index contributed by atoms with van der Waals surface area (Å²) in [5, 5.41) is 7.36. The van der Waals surface area contributed by atoms with Crippen molar-refractivity contribution in [3.05, 3.63) is 35.4 Å². The van der Waals surface area contributed by atoms with E-state index in [4.69, 9.17) is 5.41 Å². The molecule has 0 saturated carbocycles. The van der Waals surface area contributed by atoms with Crippen LogP contribution in [0.5, 0.6) is 0 Å². The summed E-state index contributed by atoms with van der Waals surface area (Å²) in [5.41, 5.74) is 3.13. The van der Waals surface area contributed by atoms with Crippen molar-refractivity contribution >= 4 is 17.4 Å². The van der Waals surface area contributed by atoms with E-state index in [1.54, 1.807) is 16.3 Å². The van der Waals surface area contributed by atoms with Crippen molar-refractivity contribution in [1.29, 1.82) is 5.41 Å². The summed E-state index contributed by atoms with van der Waals surface area (Å²) >= 11 is 3.81. The molecule has 0 radical (unpaired) electrons. The van der Waals surface area contributed by atoms with Crippen LogP contribution in [0.4, 0.5) is 0 Å². The van der Waals surface area contributed by atoms with Crippen molar-refractivity contribution in [3.63, 3.8) is 0 Å². The Hall–Kier alpha value is -0.980. The Morgan fingerprint density at radius 2 is 1.58 bits per heavy atom. The van der Waals surface area contributed by atoms with Crippen molar-refractivity contribution in [2.75, 3.05) is 0 Å². The van der Waals surface area contributed by atoms with Gasteiger partial charge in [0.2, 0.25) is 0 Å². The molecule has 1 N–H and O–H groups in total. The number of benzene rings is 1. The molecule has 1 nitrogen and oxygen atoms in total. The van der Waals surface area contributed by atoms with Gasteiger partial charge in [0.05, 0.1) is 5.16 Å². The van der Waals surface area contributed by atoms with Crippen LogP contribution in [0.15, 0.2) is 24.3 Å². The zero-order valence-corrected chi connectivity index (χ0v) is 7.66. The number of aryl methyl sites for hydroxylation is 2. The molecule has 0 unspecified atom stereocenters. The highest BCUT2D eigenvalue weighted by atomic mass is 32.1. The van der Waals surface area contributed by atoms with Crippen LogP contribution < -0.4 is 0 Å². The highest BCUT2D eigenvalue weighted by Crippen LogP contribution is 2.20. The third kappa shape index (κ3) is 2.26. The maximum Gasteiger partial charge on any atom is 0.0554 e. The number of rotatable bonds is 0. The minimum absolute atomic E-state index is 1.30. The van der Waals surface area contributed by atoms with E-state index < -0.39 is 0 Å². The quantitative estimate of drug-likeness (QED) is 0.478. The standard InChI is InChI=1S/C9H10.CHNS/c1-2-5-9-7-3-6-8(9)4-1;2-1-3/h1-2,4-5H,3,6-7H2;2H. The van der Waals surface area contributed by atoms with E-state index in [0.717, 1.165) is 0 Å². The Kier molecular flexibility index (Phi) is 3.65. The normalized spacial score (nSPS) is 12.3. The van der Waals surface area contributed by atoms with Crippen LogP contribution in [-0.4, -0.2) is 5.16 Å². The van der Waals surface area contributed by atoms with Gasteiger partial charge in [0, 0.05) is 0 Å². The van der Waals surface area contributed by atoms with Crippen LogP contribution in [0.2, 0.25) is 0 Å². The van der Waals surface area contributed by atoms with E-state index in [1.807, 2.05) is 0 Å². The van der Waals surface area contributed by atoms with E-state index in [0.29, 0.717) is 0 Å². The average molecular weight is 177 g/mol. The van der Waals surface area contributed by atoms with E-state index in [9.17, 15) is 0 Å². The summed E-state index contributed by atoms with van der Waals surface area (Å²) in [7, 11) is 0. The first kappa shape index (κ1) is 9.11. The molecule has 1 aliphatic carbocycles. The molecular weight excluding hydrogens is 166 g/mol. The second-order valence-corrected chi connectivity index (χ2v) is 2.93. The molecule has 0 amide bonds. The Morgan fingerprint density at radius 3 is 2.00 bits per heavy atom. The van der Waals surface area contributed by atoms with Crippen molar-refractivity contribution in [1.82, 2.24) is 0 Å². The summed E-state index contributed by atoms with van der Waals surface area (Å²) in [5.74, 6) is 0. The molecule has 0 fully saturated rings. The molecule has 2 heteroatoms. The summed E-state index contributed by atoms with van der Waals surface area (Å²) < 4.78 is 0. The molecule has 0 saturated heterocycles. The van der Waals surface area contributed by atoms with Gasteiger partial charge in [0.15, 0.2) is 0 Å². The number of thiocarbonyl (C=S) groups is 1. The van der Waals surface area contributed by atoms with Crippen LogP contribution in [0.3, 0.4) is 0 Å². The second kappa shape index (κ2) is 4.81. The predicted molar refractivity (Wildman–Crippen MR) is 53.8 cm³/mol. The van der Waals surface area contributed by atoms with Crippen molar-refractivity contribution in [2.24, 2.45) is 0 Å². The minimum atomic E-state index is 1.30. The van der Waals surface area contributed by atoms with Gasteiger partial charge >= 0.3 is 0 Å². The third-order valence-corrected chi connectivity index (χ3v) is 2.01. The lowest BCUT2D eigenvalue weighted by molar-refractivity contribution is 0.912. The number of hydrogen-bond acceptors (Lipinski definition) is 2. The lowest BCUT2D eigenvalue weighted by atomic mass is 10.1. The predicted octanol–water partition coefficient (Wildman–Crippen LogP) is 2.84. The summed E-state index contributed by atoms with van der Waals surface area (Å²) in [6.45, 7) is 0. The molecule has 0 aliphatic heterocycles. The minimum Gasteiger partial charge on any atom is -0.248 e. The van der Waals surface area contributed by atoms with Crippen LogP contribution in [0.1, 0.15) is 17.5 Å². The van der Waals surface area contributed by atoms with Crippen LogP contribution in [-0.2, 0) is 12.8 Å². The van der Waals surface area contributed by atoms with Gasteiger partial charge in [-0.2, -0.15) is 0 Å². The molecule has 2 rings (SSSR count). The van der Waals surface area contributed by atoms with E-state index >= 15 is 0 Å². The van der Waals surface area contributed by atoms with Crippen LogP contribution in [0, 0.1) is 5.41 Å². The maximum atomic E-state index is 5.77. The zero-order chi connectivity index (χ0) is 8.81. The highest BCUT2D eigenvalue weighted by molar-refractivity contribution is 7.78. The van der Waals surface area contributed by atoms with Crippen molar-refractivity contribution < 1.29 is 0 Å². The summed E-state index contributed by atoms with van der Waals surface area (Å²) in [4.78, 5) is 0. The van der Waals surface area contributed by atoms with Gasteiger partial charge < -0.3 is 0 Å². The van der Waals surface area contributed by atoms with Gasteiger partial charge in [0.1, 0.15) is 0 Å². The fourth-order valence-electron chi connectivity index (χ4n) is 1.51. The third-order valence-electron chi connectivity index (χ3n) is 2.01. The summed E-state index contributed by atoms with van der Waals surface area (Å²) in [6, 6.07) is 8.74. The van der Waals surface area contributed by atoms with E-state index in [2.05, 4.69) is 36.5 Å². The van der Waals surface area contributed by atoms with Gasteiger partial charge in [-0.1, -0.05) is 24.3 Å². The van der Waals surface area contributed by atoms with Crippen LogP contribution in [0.25, 0.3) is 0 Å². The van der Waals surface area contributed by atoms with Gasteiger partial charge in [-0.15, -0.1) is 0 Å². The molecule has 62 valence electrons. The molecule has 0 aromatic heterocycles. The molecule has 0 atom stereocenters. The van der Waals surface area contributed by atoms with Gasteiger partial charge in [0.25, 0.3) is 0 Å². The van der Waals surface area contributed by atoms with E-state index in [1.165, 1.54) is 19.3 Å². The van der Waals surface area contributed by atoms with Crippen molar-refractivity contribution in [3.8, 4) is 0 Å². The molecule has 1 aliphatic rings. The Labute approximate surface area is 77.9 Å². The highest BCUT2D eigenvalue weighted by Gasteiger charge is 2.07. The van der Waals surface area contributed by atoms with E-state index in [-0.39, 0.29) is 0 Å². The lowest BCUT2D eigenvalue weighted by Gasteiger charge is -1.93. The monoisotopic (exact) mass is 177 g/mol. The van der Waals surface area contributed by atoms with Gasteiger partial charge in [-0.25, -0.2) is 5.41 Å². The molecule has 0 spiro atoms. The first-order valence-electron chi connectivity index (χ1n) is 3.99. The topological polar surface area (TPSA) is 23.9 Å².